The molecule has 0 spiro atoms. The monoisotopic (exact) mass is 263 g/mol. The topological polar surface area (TPSA) is 31.2 Å². The average Bonchev–Trinajstić information content (AvgIpc) is 2.82. The molecule has 94 valence electrons. The normalized spacial score (nSPS) is 10.4. The van der Waals surface area contributed by atoms with Gasteiger partial charge in [-0.05, 0) is 30.7 Å². The van der Waals surface area contributed by atoms with Crippen LogP contribution >= 0.6 is 11.6 Å². The Kier molecular flexibility index (Phi) is 3.72. The molecule has 1 aromatic heterocycles. The van der Waals surface area contributed by atoms with E-state index in [1.165, 1.54) is 7.11 Å². The van der Waals surface area contributed by atoms with Crippen molar-refractivity contribution in [2.24, 2.45) is 0 Å². The molecule has 18 heavy (non-hydrogen) atoms. The van der Waals surface area contributed by atoms with Gasteiger partial charge in [-0.2, -0.15) is 0 Å². The fourth-order valence-corrected chi connectivity index (χ4v) is 1.97. The summed E-state index contributed by atoms with van der Waals surface area (Å²) in [5, 5.41) is 0.696. The Morgan fingerprint density at radius 3 is 2.50 bits per heavy atom. The molecule has 0 amide bonds. The average molecular weight is 264 g/mol. The first-order valence-corrected chi connectivity index (χ1v) is 6.08. The van der Waals surface area contributed by atoms with Gasteiger partial charge in [-0.3, -0.25) is 0 Å². The third kappa shape index (κ3) is 2.41. The van der Waals surface area contributed by atoms with Crippen LogP contribution in [-0.4, -0.2) is 17.6 Å². The largest absolute Gasteiger partial charge is 0.464 e. The zero-order chi connectivity index (χ0) is 13.1. The van der Waals surface area contributed by atoms with Crippen LogP contribution < -0.4 is 0 Å². The predicted molar refractivity (Wildman–Crippen MR) is 71.9 cm³/mol. The molecule has 1 heterocycles. The molecule has 0 unspecified atom stereocenters. The Bertz CT molecular complexity index is 558. The fourth-order valence-electron chi connectivity index (χ4n) is 1.85. The SMILES string of the molecule is CCn1cc(-c2ccc(Cl)cc2)cc1C(=O)OC. The van der Waals surface area contributed by atoms with Crippen LogP contribution in [0.2, 0.25) is 5.02 Å². The maximum atomic E-state index is 11.6. The molecular weight excluding hydrogens is 250 g/mol. The van der Waals surface area contributed by atoms with Crippen LogP contribution in [0.3, 0.4) is 0 Å². The second-order valence-electron chi connectivity index (χ2n) is 3.90. The van der Waals surface area contributed by atoms with E-state index in [9.17, 15) is 4.79 Å². The van der Waals surface area contributed by atoms with Gasteiger partial charge in [-0.15, -0.1) is 0 Å². The Balaban J connectivity index is 2.43. The van der Waals surface area contributed by atoms with Crippen LogP contribution in [0.25, 0.3) is 11.1 Å². The number of carbonyl (C=O) groups is 1. The summed E-state index contributed by atoms with van der Waals surface area (Å²) in [5.74, 6) is -0.322. The number of aromatic nitrogens is 1. The molecule has 1 aromatic carbocycles. The number of nitrogens with zero attached hydrogens (tertiary/aromatic N) is 1. The van der Waals surface area contributed by atoms with Crippen molar-refractivity contribution in [1.82, 2.24) is 4.57 Å². The molecule has 0 bridgehead atoms. The Labute approximate surface area is 111 Å². The van der Waals surface area contributed by atoms with E-state index in [1.807, 2.05) is 48.0 Å². The van der Waals surface area contributed by atoms with E-state index in [1.54, 1.807) is 0 Å². The number of halogens is 1. The minimum Gasteiger partial charge on any atom is -0.464 e. The van der Waals surface area contributed by atoms with E-state index in [-0.39, 0.29) is 5.97 Å². The number of hydrogen-bond donors (Lipinski definition) is 0. The zero-order valence-electron chi connectivity index (χ0n) is 10.3. The van der Waals surface area contributed by atoms with Crippen molar-refractivity contribution in [2.45, 2.75) is 13.5 Å². The van der Waals surface area contributed by atoms with Crippen LogP contribution in [0.1, 0.15) is 17.4 Å². The molecule has 0 saturated heterocycles. The second kappa shape index (κ2) is 5.27. The zero-order valence-corrected chi connectivity index (χ0v) is 11.1. The molecule has 2 rings (SSSR count). The van der Waals surface area contributed by atoms with E-state index in [4.69, 9.17) is 16.3 Å². The lowest BCUT2D eigenvalue weighted by atomic mass is 10.1. The smallest absolute Gasteiger partial charge is 0.354 e. The van der Waals surface area contributed by atoms with Gasteiger partial charge in [0.25, 0.3) is 0 Å². The van der Waals surface area contributed by atoms with Crippen molar-refractivity contribution in [3.05, 3.63) is 47.2 Å². The first-order chi connectivity index (χ1) is 8.65. The lowest BCUT2D eigenvalue weighted by Crippen LogP contribution is -2.08. The molecule has 2 aromatic rings. The van der Waals surface area contributed by atoms with Gasteiger partial charge in [-0.1, -0.05) is 23.7 Å². The molecule has 0 fully saturated rings. The van der Waals surface area contributed by atoms with Crippen LogP contribution in [0.5, 0.6) is 0 Å². The molecule has 3 nitrogen and oxygen atoms in total. The molecule has 0 aliphatic carbocycles. The molecule has 0 atom stereocenters. The summed E-state index contributed by atoms with van der Waals surface area (Å²) < 4.78 is 6.64. The number of benzene rings is 1. The van der Waals surface area contributed by atoms with Crippen LogP contribution in [-0.2, 0) is 11.3 Å². The molecule has 0 N–H and O–H groups in total. The second-order valence-corrected chi connectivity index (χ2v) is 4.33. The molecule has 4 heteroatoms. The molecular formula is C14H14ClNO2. The summed E-state index contributed by atoms with van der Waals surface area (Å²) in [6.45, 7) is 2.70. The maximum absolute atomic E-state index is 11.6. The van der Waals surface area contributed by atoms with Gasteiger partial charge in [0.1, 0.15) is 5.69 Å². The summed E-state index contributed by atoms with van der Waals surface area (Å²) in [6, 6.07) is 9.35. The number of methoxy groups -OCH3 is 1. The summed E-state index contributed by atoms with van der Waals surface area (Å²) in [5.41, 5.74) is 2.57. The van der Waals surface area contributed by atoms with Crippen molar-refractivity contribution in [1.29, 1.82) is 0 Å². The van der Waals surface area contributed by atoms with Crippen LogP contribution in [0, 0.1) is 0 Å². The number of aryl methyl sites for hydroxylation is 1. The first kappa shape index (κ1) is 12.7. The van der Waals surface area contributed by atoms with Gasteiger partial charge in [-0.25, -0.2) is 4.79 Å². The highest BCUT2D eigenvalue weighted by Crippen LogP contribution is 2.24. The predicted octanol–water partition coefficient (Wildman–Crippen LogP) is 3.62. The van der Waals surface area contributed by atoms with Gasteiger partial charge in [0, 0.05) is 23.3 Å². The minimum absolute atomic E-state index is 0.322. The van der Waals surface area contributed by atoms with Gasteiger partial charge < -0.3 is 9.30 Å². The summed E-state index contributed by atoms with van der Waals surface area (Å²) in [4.78, 5) is 11.6. The number of rotatable bonds is 3. The number of carbonyl (C=O) groups excluding carboxylic acids is 1. The highest BCUT2D eigenvalue weighted by Gasteiger charge is 2.13. The maximum Gasteiger partial charge on any atom is 0.354 e. The number of ether oxygens (including phenoxy) is 1. The van der Waals surface area contributed by atoms with E-state index in [0.29, 0.717) is 10.7 Å². The van der Waals surface area contributed by atoms with E-state index in [2.05, 4.69) is 0 Å². The standard InChI is InChI=1S/C14H14ClNO2/c1-3-16-9-11(8-13(16)14(17)18-2)10-4-6-12(15)7-5-10/h4-9H,3H2,1-2H3. The molecule has 0 saturated carbocycles. The lowest BCUT2D eigenvalue weighted by Gasteiger charge is -2.02. The van der Waals surface area contributed by atoms with E-state index in [0.717, 1.165) is 17.7 Å². The van der Waals surface area contributed by atoms with Crippen molar-refractivity contribution in [2.75, 3.05) is 7.11 Å². The quantitative estimate of drug-likeness (QED) is 0.792. The fraction of sp³-hybridized carbons (Fsp3) is 0.214. The van der Waals surface area contributed by atoms with E-state index < -0.39 is 0 Å². The first-order valence-electron chi connectivity index (χ1n) is 5.70. The lowest BCUT2D eigenvalue weighted by molar-refractivity contribution is 0.0588. The van der Waals surface area contributed by atoms with Gasteiger partial charge >= 0.3 is 5.97 Å². The van der Waals surface area contributed by atoms with E-state index >= 15 is 0 Å². The van der Waals surface area contributed by atoms with Gasteiger partial charge in [0.05, 0.1) is 7.11 Å². The summed E-state index contributed by atoms with van der Waals surface area (Å²) in [7, 11) is 1.39. The Hall–Kier alpha value is -1.74. The van der Waals surface area contributed by atoms with Crippen molar-refractivity contribution in [3.63, 3.8) is 0 Å². The number of hydrogen-bond acceptors (Lipinski definition) is 2. The van der Waals surface area contributed by atoms with Crippen molar-refractivity contribution >= 4 is 17.6 Å². The van der Waals surface area contributed by atoms with Crippen molar-refractivity contribution in [3.8, 4) is 11.1 Å². The Morgan fingerprint density at radius 2 is 1.94 bits per heavy atom. The van der Waals surface area contributed by atoms with Crippen molar-refractivity contribution < 1.29 is 9.53 Å². The highest BCUT2D eigenvalue weighted by atomic mass is 35.5. The number of esters is 1. The van der Waals surface area contributed by atoms with Crippen LogP contribution in [0.15, 0.2) is 36.5 Å². The molecule has 0 radical (unpaired) electrons. The third-order valence-electron chi connectivity index (χ3n) is 2.81. The third-order valence-corrected chi connectivity index (χ3v) is 3.06. The summed E-state index contributed by atoms with van der Waals surface area (Å²) >= 11 is 5.86. The van der Waals surface area contributed by atoms with Gasteiger partial charge in [0.2, 0.25) is 0 Å². The highest BCUT2D eigenvalue weighted by molar-refractivity contribution is 6.30. The Morgan fingerprint density at radius 1 is 1.28 bits per heavy atom. The minimum atomic E-state index is -0.322. The van der Waals surface area contributed by atoms with Gasteiger partial charge in [0.15, 0.2) is 0 Å². The molecule has 0 aliphatic rings. The molecule has 0 aliphatic heterocycles. The van der Waals surface area contributed by atoms with Crippen LogP contribution in [0.4, 0.5) is 0 Å². The summed E-state index contributed by atoms with van der Waals surface area (Å²) in [6.07, 6.45) is 1.94.